The molecule has 10 nitrogen and oxygen atoms in total. The Labute approximate surface area is 212 Å². The van der Waals surface area contributed by atoms with Gasteiger partial charge in [-0.05, 0) is 29.5 Å². The summed E-state index contributed by atoms with van der Waals surface area (Å²) in [5, 5.41) is 15.3. The van der Waals surface area contributed by atoms with Crippen molar-refractivity contribution in [1.29, 1.82) is 0 Å². The molecule has 0 bridgehead atoms. The van der Waals surface area contributed by atoms with E-state index in [1.165, 1.54) is 22.4 Å². The zero-order valence-electron chi connectivity index (χ0n) is 19.5. The summed E-state index contributed by atoms with van der Waals surface area (Å²) in [5.41, 5.74) is 0.647. The van der Waals surface area contributed by atoms with Crippen molar-refractivity contribution in [3.8, 4) is 0 Å². The minimum atomic E-state index is -4.30. The SMILES string of the molecule is CCCC1CC(O)=C(C2=NS(=O)(=O)c3c(CNS(C)(=O)=O)csc3N2)C(=O)N1Cc1ccc(F)cc1. The van der Waals surface area contributed by atoms with E-state index in [1.807, 2.05) is 6.92 Å². The highest BCUT2D eigenvalue weighted by molar-refractivity contribution is 7.91. The van der Waals surface area contributed by atoms with Gasteiger partial charge in [0, 0.05) is 31.1 Å². The number of halogens is 1. The topological polar surface area (TPSA) is 145 Å². The molecule has 2 aliphatic heterocycles. The molecule has 2 aliphatic rings. The molecular weight excluding hydrogens is 531 g/mol. The molecule has 1 amide bonds. The summed E-state index contributed by atoms with van der Waals surface area (Å²) in [6.45, 7) is 1.85. The fraction of sp³-hybridized carbons (Fsp3) is 0.364. The van der Waals surface area contributed by atoms with Crippen LogP contribution in [0.3, 0.4) is 0 Å². The number of nitrogens with zero attached hydrogens (tertiary/aromatic N) is 2. The van der Waals surface area contributed by atoms with Crippen molar-refractivity contribution in [2.24, 2.45) is 4.40 Å². The number of aliphatic hydroxyl groups excluding tert-OH is 1. The maximum atomic E-state index is 13.6. The number of thiophene rings is 1. The molecule has 1 unspecified atom stereocenters. The number of aliphatic hydroxyl groups is 1. The molecule has 1 atom stereocenters. The third kappa shape index (κ3) is 5.45. The van der Waals surface area contributed by atoms with E-state index in [0.717, 1.165) is 24.0 Å². The van der Waals surface area contributed by atoms with Crippen LogP contribution in [0.25, 0.3) is 0 Å². The largest absolute Gasteiger partial charge is 0.511 e. The van der Waals surface area contributed by atoms with Gasteiger partial charge in [-0.15, -0.1) is 15.7 Å². The van der Waals surface area contributed by atoms with Crippen molar-refractivity contribution in [2.75, 3.05) is 11.6 Å². The van der Waals surface area contributed by atoms with E-state index in [9.17, 15) is 31.1 Å². The zero-order valence-corrected chi connectivity index (χ0v) is 21.9. The molecule has 14 heteroatoms. The smallest absolute Gasteiger partial charge is 0.287 e. The van der Waals surface area contributed by atoms with Crippen LogP contribution >= 0.6 is 11.3 Å². The van der Waals surface area contributed by atoms with E-state index in [-0.39, 0.29) is 58.2 Å². The summed E-state index contributed by atoms with van der Waals surface area (Å²) >= 11 is 1.02. The Hall–Kier alpha value is -2.81. The van der Waals surface area contributed by atoms with Crippen LogP contribution in [0.4, 0.5) is 9.39 Å². The second-order valence-corrected chi connectivity index (χ2v) is 12.8. The highest BCUT2D eigenvalue weighted by atomic mass is 32.2. The summed E-state index contributed by atoms with van der Waals surface area (Å²) in [7, 11) is -7.86. The fourth-order valence-electron chi connectivity index (χ4n) is 4.17. The van der Waals surface area contributed by atoms with E-state index in [1.54, 1.807) is 12.1 Å². The van der Waals surface area contributed by atoms with E-state index in [4.69, 9.17) is 0 Å². The summed E-state index contributed by atoms with van der Waals surface area (Å²) < 4.78 is 68.4. The quantitative estimate of drug-likeness (QED) is 0.453. The standard InChI is InChI=1S/C22H25FN4O6S3/c1-3-4-16-9-17(28)18(22(29)27(16)11-13-5-7-15(23)8-6-13)20-25-21-19(36(32,33)26-20)14(12-34-21)10-24-35(2,30)31/h5-8,12,16,24,28H,3-4,9-11H2,1-2H3,(H,25,26). The minimum Gasteiger partial charge on any atom is -0.511 e. The lowest BCUT2D eigenvalue weighted by Gasteiger charge is -2.37. The van der Waals surface area contributed by atoms with Crippen LogP contribution in [0, 0.1) is 5.82 Å². The first-order valence-corrected chi connectivity index (χ1v) is 15.3. The molecule has 0 radical (unpaired) electrons. The number of benzene rings is 1. The van der Waals surface area contributed by atoms with Gasteiger partial charge >= 0.3 is 0 Å². The van der Waals surface area contributed by atoms with Crippen LogP contribution in [0.5, 0.6) is 0 Å². The van der Waals surface area contributed by atoms with Crippen LogP contribution < -0.4 is 10.0 Å². The van der Waals surface area contributed by atoms with Crippen molar-refractivity contribution >= 4 is 48.1 Å². The number of amidine groups is 1. The molecule has 2 aromatic rings. The van der Waals surface area contributed by atoms with E-state index >= 15 is 0 Å². The van der Waals surface area contributed by atoms with Gasteiger partial charge in [-0.25, -0.2) is 17.5 Å². The van der Waals surface area contributed by atoms with Gasteiger partial charge in [-0.2, -0.15) is 8.42 Å². The second-order valence-electron chi connectivity index (χ2n) is 8.58. The molecule has 36 heavy (non-hydrogen) atoms. The molecule has 3 heterocycles. The predicted molar refractivity (Wildman–Crippen MR) is 134 cm³/mol. The Bertz CT molecular complexity index is 1460. The molecule has 0 aliphatic carbocycles. The van der Waals surface area contributed by atoms with Crippen molar-refractivity contribution in [1.82, 2.24) is 9.62 Å². The Morgan fingerprint density at radius 2 is 2.00 bits per heavy atom. The van der Waals surface area contributed by atoms with Gasteiger partial charge in [0.2, 0.25) is 10.0 Å². The Morgan fingerprint density at radius 3 is 2.64 bits per heavy atom. The van der Waals surface area contributed by atoms with Crippen LogP contribution in [-0.4, -0.2) is 50.9 Å². The third-order valence-electron chi connectivity index (χ3n) is 5.80. The zero-order chi connectivity index (χ0) is 26.3. The maximum Gasteiger partial charge on any atom is 0.287 e. The first-order chi connectivity index (χ1) is 16.9. The monoisotopic (exact) mass is 556 g/mol. The van der Waals surface area contributed by atoms with E-state index in [0.29, 0.717) is 12.0 Å². The van der Waals surface area contributed by atoms with Gasteiger partial charge < -0.3 is 15.3 Å². The molecule has 1 aromatic carbocycles. The summed E-state index contributed by atoms with van der Waals surface area (Å²) in [4.78, 5) is 14.9. The second kappa shape index (κ2) is 9.92. The van der Waals surface area contributed by atoms with Crippen LogP contribution in [0.15, 0.2) is 50.3 Å². The molecule has 1 aromatic heterocycles. The molecule has 0 saturated heterocycles. The molecule has 0 fully saturated rings. The number of amides is 1. The first-order valence-electron chi connectivity index (χ1n) is 11.0. The number of sulfonamides is 2. The number of anilines is 1. The molecule has 0 spiro atoms. The van der Waals surface area contributed by atoms with Crippen molar-refractivity contribution < 1.29 is 31.1 Å². The van der Waals surface area contributed by atoms with E-state index in [2.05, 4.69) is 14.4 Å². The molecule has 3 N–H and O–H groups in total. The van der Waals surface area contributed by atoms with Gasteiger partial charge in [-0.1, -0.05) is 25.5 Å². The van der Waals surface area contributed by atoms with Crippen molar-refractivity contribution in [3.63, 3.8) is 0 Å². The van der Waals surface area contributed by atoms with Crippen molar-refractivity contribution in [2.45, 2.75) is 50.2 Å². The minimum absolute atomic E-state index is 0.109. The maximum absolute atomic E-state index is 13.6. The Kier molecular flexibility index (Phi) is 7.23. The molecular formula is C22H25FN4O6S3. The third-order valence-corrected chi connectivity index (χ3v) is 8.95. The fourth-order valence-corrected chi connectivity index (χ4v) is 7.20. The van der Waals surface area contributed by atoms with Gasteiger partial charge in [0.05, 0.1) is 6.26 Å². The lowest BCUT2D eigenvalue weighted by atomic mass is 9.95. The number of hydrogen-bond acceptors (Lipinski definition) is 8. The first kappa shape index (κ1) is 26.3. The summed E-state index contributed by atoms with van der Waals surface area (Å²) in [6, 6.07) is 5.38. The lowest BCUT2D eigenvalue weighted by Crippen LogP contribution is -2.47. The number of rotatable bonds is 8. The van der Waals surface area contributed by atoms with Crippen LogP contribution in [-0.2, 0) is 37.9 Å². The predicted octanol–water partition coefficient (Wildman–Crippen LogP) is 2.86. The average Bonchev–Trinajstić information content (AvgIpc) is 3.20. The molecule has 194 valence electrons. The lowest BCUT2D eigenvalue weighted by molar-refractivity contribution is -0.131. The average molecular weight is 557 g/mol. The molecule has 0 saturated carbocycles. The normalized spacial score (nSPS) is 19.6. The van der Waals surface area contributed by atoms with Gasteiger partial charge in [0.1, 0.15) is 27.0 Å². The Morgan fingerprint density at radius 1 is 1.31 bits per heavy atom. The number of nitrogens with one attached hydrogen (secondary N) is 2. The molecule has 4 rings (SSSR count). The summed E-state index contributed by atoms with van der Waals surface area (Å²) in [6.07, 6.45) is 2.42. The van der Waals surface area contributed by atoms with Gasteiger partial charge in [0.15, 0.2) is 5.84 Å². The van der Waals surface area contributed by atoms with Crippen molar-refractivity contribution in [3.05, 3.63) is 57.9 Å². The van der Waals surface area contributed by atoms with Gasteiger partial charge in [0.25, 0.3) is 15.9 Å². The number of carbonyl (C=O) groups excluding carboxylic acids is 1. The summed E-state index contributed by atoms with van der Waals surface area (Å²) in [5.74, 6) is -1.57. The van der Waals surface area contributed by atoms with E-state index < -0.39 is 31.8 Å². The highest BCUT2D eigenvalue weighted by Crippen LogP contribution is 2.39. The number of hydrogen-bond donors (Lipinski definition) is 3. The number of carbonyl (C=O) groups is 1. The highest BCUT2D eigenvalue weighted by Gasteiger charge is 2.40. The van der Waals surface area contributed by atoms with Crippen LogP contribution in [0.2, 0.25) is 0 Å². The number of fused-ring (bicyclic) bond motifs is 1. The Balaban J connectivity index is 1.68. The van der Waals surface area contributed by atoms with Crippen LogP contribution in [0.1, 0.15) is 37.3 Å². The van der Waals surface area contributed by atoms with Gasteiger partial charge in [-0.3, -0.25) is 4.79 Å².